The number of sulfone groups is 1. The lowest BCUT2D eigenvalue weighted by atomic mass is 10.1. The zero-order valence-corrected chi connectivity index (χ0v) is 14.8. The molecule has 1 aliphatic heterocycles. The molecule has 1 aromatic carbocycles. The SMILES string of the molecule is O=C(CSc1nnc(C[C@H]2CCS(=O)(=O)C2)o1)Nc1ccccc1F. The van der Waals surface area contributed by atoms with Gasteiger partial charge in [-0.25, -0.2) is 12.8 Å². The summed E-state index contributed by atoms with van der Waals surface area (Å²) in [5, 5.41) is 10.4. The molecule has 1 amide bonds. The predicted octanol–water partition coefficient (Wildman–Crippen LogP) is 1.92. The molecule has 1 saturated heterocycles. The Hall–Kier alpha value is -1.94. The summed E-state index contributed by atoms with van der Waals surface area (Å²) in [7, 11) is -2.94. The van der Waals surface area contributed by atoms with Crippen molar-refractivity contribution in [1.82, 2.24) is 10.2 Å². The lowest BCUT2D eigenvalue weighted by Gasteiger charge is -2.04. The summed E-state index contributed by atoms with van der Waals surface area (Å²) in [5.41, 5.74) is 0.113. The summed E-state index contributed by atoms with van der Waals surface area (Å²) in [6, 6.07) is 5.89. The van der Waals surface area contributed by atoms with E-state index in [0.29, 0.717) is 18.7 Å². The molecule has 7 nitrogen and oxygen atoms in total. The molecule has 0 bridgehead atoms. The number of nitrogens with one attached hydrogen (secondary N) is 1. The molecule has 2 aromatic rings. The van der Waals surface area contributed by atoms with Crippen molar-refractivity contribution in [2.24, 2.45) is 5.92 Å². The summed E-state index contributed by atoms with van der Waals surface area (Å²) in [4.78, 5) is 11.8. The van der Waals surface area contributed by atoms with E-state index in [0.717, 1.165) is 11.8 Å². The Labute approximate surface area is 148 Å². The largest absolute Gasteiger partial charge is 0.416 e. The van der Waals surface area contributed by atoms with Crippen LogP contribution in [0.3, 0.4) is 0 Å². The lowest BCUT2D eigenvalue weighted by Crippen LogP contribution is -2.14. The minimum Gasteiger partial charge on any atom is -0.416 e. The monoisotopic (exact) mass is 385 g/mol. The maximum Gasteiger partial charge on any atom is 0.277 e. The molecule has 1 aliphatic rings. The van der Waals surface area contributed by atoms with E-state index in [1.54, 1.807) is 6.07 Å². The number of halogens is 1. The predicted molar refractivity (Wildman–Crippen MR) is 90.5 cm³/mol. The molecule has 1 atom stereocenters. The number of carbonyl (C=O) groups is 1. The fraction of sp³-hybridized carbons (Fsp3) is 0.400. The Morgan fingerprint density at radius 2 is 2.16 bits per heavy atom. The third-order valence-corrected chi connectivity index (χ3v) is 6.37. The zero-order chi connectivity index (χ0) is 17.9. The molecule has 25 heavy (non-hydrogen) atoms. The highest BCUT2D eigenvalue weighted by Crippen LogP contribution is 2.24. The smallest absolute Gasteiger partial charge is 0.277 e. The maximum atomic E-state index is 13.5. The molecule has 1 N–H and O–H groups in total. The Balaban J connectivity index is 1.48. The van der Waals surface area contributed by atoms with Gasteiger partial charge in [0.25, 0.3) is 5.22 Å². The summed E-state index contributed by atoms with van der Waals surface area (Å²) in [6.45, 7) is 0. The third-order valence-electron chi connectivity index (χ3n) is 3.71. The molecule has 0 spiro atoms. The number of anilines is 1. The quantitative estimate of drug-likeness (QED) is 0.758. The number of para-hydroxylation sites is 1. The fourth-order valence-corrected chi connectivity index (χ4v) is 4.98. The highest BCUT2D eigenvalue weighted by molar-refractivity contribution is 7.99. The highest BCUT2D eigenvalue weighted by atomic mass is 32.2. The third kappa shape index (κ3) is 5.02. The normalized spacial score (nSPS) is 19.0. The van der Waals surface area contributed by atoms with Gasteiger partial charge in [0.15, 0.2) is 9.84 Å². The van der Waals surface area contributed by atoms with Gasteiger partial charge in [-0.15, -0.1) is 10.2 Å². The van der Waals surface area contributed by atoms with Gasteiger partial charge in [0, 0.05) is 6.42 Å². The summed E-state index contributed by atoms with van der Waals surface area (Å²) >= 11 is 1.04. The first-order chi connectivity index (χ1) is 11.9. The molecule has 0 unspecified atom stereocenters. The van der Waals surface area contributed by atoms with Crippen LogP contribution >= 0.6 is 11.8 Å². The van der Waals surface area contributed by atoms with E-state index in [4.69, 9.17) is 4.42 Å². The standard InChI is InChI=1S/C15H16FN3O4S2/c16-11-3-1-2-4-12(11)17-13(20)8-24-15-19-18-14(23-15)7-10-5-6-25(21,22)9-10/h1-4,10H,5-9H2,(H,17,20)/t10-/m1/s1. The van der Waals surface area contributed by atoms with Crippen LogP contribution in [0.15, 0.2) is 33.9 Å². The Morgan fingerprint density at radius 3 is 2.88 bits per heavy atom. The highest BCUT2D eigenvalue weighted by Gasteiger charge is 2.29. The van der Waals surface area contributed by atoms with Crippen molar-refractivity contribution in [2.75, 3.05) is 22.6 Å². The second kappa shape index (κ2) is 7.52. The van der Waals surface area contributed by atoms with Crippen LogP contribution in [0.2, 0.25) is 0 Å². The van der Waals surface area contributed by atoms with Crippen LogP contribution in [0.1, 0.15) is 12.3 Å². The topological polar surface area (TPSA) is 102 Å². The number of nitrogens with zero attached hydrogens (tertiary/aromatic N) is 2. The van der Waals surface area contributed by atoms with E-state index in [-0.39, 0.29) is 34.1 Å². The zero-order valence-electron chi connectivity index (χ0n) is 13.1. The lowest BCUT2D eigenvalue weighted by molar-refractivity contribution is -0.113. The number of aromatic nitrogens is 2. The molecular formula is C15H16FN3O4S2. The van der Waals surface area contributed by atoms with Gasteiger partial charge < -0.3 is 9.73 Å². The van der Waals surface area contributed by atoms with Crippen molar-refractivity contribution in [1.29, 1.82) is 0 Å². The van der Waals surface area contributed by atoms with E-state index in [1.165, 1.54) is 18.2 Å². The van der Waals surface area contributed by atoms with E-state index in [2.05, 4.69) is 15.5 Å². The van der Waals surface area contributed by atoms with E-state index < -0.39 is 21.6 Å². The molecule has 0 aliphatic carbocycles. The summed E-state index contributed by atoms with van der Waals surface area (Å²) < 4.78 is 41.8. The van der Waals surface area contributed by atoms with Crippen molar-refractivity contribution < 1.29 is 22.0 Å². The molecule has 1 aromatic heterocycles. The first kappa shape index (κ1) is 17.9. The summed E-state index contributed by atoms with van der Waals surface area (Å²) in [5.74, 6) is -0.212. The number of hydrogen-bond acceptors (Lipinski definition) is 7. The second-order valence-electron chi connectivity index (χ2n) is 5.75. The van der Waals surface area contributed by atoms with Gasteiger partial charge in [0.1, 0.15) is 5.82 Å². The molecular weight excluding hydrogens is 369 g/mol. The van der Waals surface area contributed by atoms with Gasteiger partial charge in [0.2, 0.25) is 11.8 Å². The van der Waals surface area contributed by atoms with Crippen LogP contribution in [0, 0.1) is 11.7 Å². The van der Waals surface area contributed by atoms with Crippen LogP contribution in [-0.4, -0.2) is 41.8 Å². The number of amides is 1. The molecule has 0 saturated carbocycles. The van der Waals surface area contributed by atoms with Crippen LogP contribution in [0.25, 0.3) is 0 Å². The minimum atomic E-state index is -2.94. The molecule has 134 valence electrons. The van der Waals surface area contributed by atoms with Crippen molar-refractivity contribution in [3.8, 4) is 0 Å². The first-order valence-electron chi connectivity index (χ1n) is 7.61. The van der Waals surface area contributed by atoms with Crippen molar-refractivity contribution in [3.05, 3.63) is 36.0 Å². The van der Waals surface area contributed by atoms with Gasteiger partial charge in [-0.2, -0.15) is 0 Å². The van der Waals surface area contributed by atoms with Crippen molar-refractivity contribution >= 4 is 33.2 Å². The average molecular weight is 385 g/mol. The van der Waals surface area contributed by atoms with Gasteiger partial charge in [-0.1, -0.05) is 23.9 Å². The van der Waals surface area contributed by atoms with Crippen LogP contribution in [0.4, 0.5) is 10.1 Å². The van der Waals surface area contributed by atoms with Crippen LogP contribution in [0.5, 0.6) is 0 Å². The molecule has 3 rings (SSSR count). The minimum absolute atomic E-state index is 0.00618. The van der Waals surface area contributed by atoms with E-state index in [1.807, 2.05) is 0 Å². The van der Waals surface area contributed by atoms with E-state index in [9.17, 15) is 17.6 Å². The van der Waals surface area contributed by atoms with Gasteiger partial charge in [0.05, 0.1) is 22.9 Å². The van der Waals surface area contributed by atoms with E-state index >= 15 is 0 Å². The van der Waals surface area contributed by atoms with Crippen molar-refractivity contribution in [3.63, 3.8) is 0 Å². The molecule has 0 radical (unpaired) electrons. The number of carbonyl (C=O) groups excluding carboxylic acids is 1. The van der Waals surface area contributed by atoms with Crippen molar-refractivity contribution in [2.45, 2.75) is 18.1 Å². The Morgan fingerprint density at radius 1 is 1.36 bits per heavy atom. The second-order valence-corrected chi connectivity index (χ2v) is 8.91. The van der Waals surface area contributed by atoms with Gasteiger partial charge in [-0.3, -0.25) is 4.79 Å². The average Bonchev–Trinajstić information content (AvgIpc) is 3.14. The number of thioether (sulfide) groups is 1. The molecule has 2 heterocycles. The molecule has 10 heteroatoms. The van der Waals surface area contributed by atoms with Gasteiger partial charge in [-0.05, 0) is 24.5 Å². The molecule has 1 fully saturated rings. The number of benzene rings is 1. The number of hydrogen-bond donors (Lipinski definition) is 1. The number of rotatable bonds is 6. The maximum absolute atomic E-state index is 13.5. The first-order valence-corrected chi connectivity index (χ1v) is 10.4. The van der Waals surface area contributed by atoms with Crippen LogP contribution in [-0.2, 0) is 21.1 Å². The fourth-order valence-electron chi connectivity index (χ4n) is 2.54. The summed E-state index contributed by atoms with van der Waals surface area (Å²) in [6.07, 6.45) is 1.01. The Bertz CT molecular complexity index is 869. The Kier molecular flexibility index (Phi) is 5.38. The van der Waals surface area contributed by atoms with Gasteiger partial charge >= 0.3 is 0 Å². The van der Waals surface area contributed by atoms with Crippen LogP contribution < -0.4 is 5.32 Å².